The Kier molecular flexibility index (Phi) is 5.73. The van der Waals surface area contributed by atoms with E-state index < -0.39 is 0 Å². The molecule has 2 heterocycles. The molecule has 1 aromatic carbocycles. The highest BCUT2D eigenvalue weighted by atomic mass is 16.2. The summed E-state index contributed by atoms with van der Waals surface area (Å²) in [6.07, 6.45) is 3.70. The van der Waals surface area contributed by atoms with Gasteiger partial charge in [0, 0.05) is 30.9 Å². The largest absolute Gasteiger partial charge is 0.328 e. The lowest BCUT2D eigenvalue weighted by molar-refractivity contribution is -0.117. The van der Waals surface area contributed by atoms with Crippen molar-refractivity contribution in [2.75, 3.05) is 16.8 Å². The quantitative estimate of drug-likeness (QED) is 0.817. The fourth-order valence-electron chi connectivity index (χ4n) is 3.40. The fourth-order valence-corrected chi connectivity index (χ4v) is 3.40. The first-order valence-electron chi connectivity index (χ1n) is 9.39. The number of carbonyl (C=O) groups excluding carboxylic acids is 2. The molecule has 0 aliphatic carbocycles. The van der Waals surface area contributed by atoms with Gasteiger partial charge in [0.15, 0.2) is 0 Å². The van der Waals surface area contributed by atoms with E-state index >= 15 is 0 Å². The molecule has 3 amide bonds. The van der Waals surface area contributed by atoms with Crippen LogP contribution < -0.4 is 15.5 Å². The van der Waals surface area contributed by atoms with Gasteiger partial charge in [0.25, 0.3) is 0 Å². The van der Waals surface area contributed by atoms with E-state index in [9.17, 15) is 9.59 Å². The Bertz CT molecular complexity index is 831. The molecule has 2 aromatic rings. The highest BCUT2D eigenvalue weighted by Gasteiger charge is 2.23. The van der Waals surface area contributed by atoms with Crippen LogP contribution in [0.1, 0.15) is 50.5 Å². The number of aromatic nitrogens is 3. The predicted octanol–water partition coefficient (Wildman–Crippen LogP) is 3.01. The molecule has 3 rings (SSSR count). The van der Waals surface area contributed by atoms with Gasteiger partial charge in [0.1, 0.15) is 12.2 Å². The summed E-state index contributed by atoms with van der Waals surface area (Å²) in [5.74, 6) is 0.900. The molecule has 1 aliphatic heterocycles. The average molecular weight is 370 g/mol. The van der Waals surface area contributed by atoms with Gasteiger partial charge < -0.3 is 15.5 Å². The highest BCUT2D eigenvalue weighted by molar-refractivity contribution is 5.96. The predicted molar refractivity (Wildman–Crippen MR) is 104 cm³/mol. The van der Waals surface area contributed by atoms with Gasteiger partial charge in [-0.2, -0.15) is 5.10 Å². The molecular formula is C19H26N6O2. The molecular weight excluding hydrogens is 344 g/mol. The molecule has 0 saturated carbocycles. The van der Waals surface area contributed by atoms with Gasteiger partial charge in [-0.1, -0.05) is 6.92 Å². The van der Waals surface area contributed by atoms with Crippen LogP contribution in [0.25, 0.3) is 0 Å². The normalized spacial score (nSPS) is 15.1. The second-order valence-corrected chi connectivity index (χ2v) is 6.64. The summed E-state index contributed by atoms with van der Waals surface area (Å²) in [5.41, 5.74) is 2.55. The van der Waals surface area contributed by atoms with Gasteiger partial charge in [-0.15, -0.1) is 0 Å². The fraction of sp³-hybridized carbons (Fsp3) is 0.474. The summed E-state index contributed by atoms with van der Waals surface area (Å²) in [6.45, 7) is 7.38. The van der Waals surface area contributed by atoms with Crippen molar-refractivity contribution in [3.05, 3.63) is 35.9 Å². The summed E-state index contributed by atoms with van der Waals surface area (Å²) in [4.78, 5) is 30.5. The lowest BCUT2D eigenvalue weighted by Gasteiger charge is -2.20. The van der Waals surface area contributed by atoms with E-state index in [-0.39, 0.29) is 18.0 Å². The van der Waals surface area contributed by atoms with E-state index in [1.54, 1.807) is 4.68 Å². The number of carbonyl (C=O) groups is 2. The molecule has 0 bridgehead atoms. The van der Waals surface area contributed by atoms with Crippen LogP contribution in [0, 0.1) is 6.92 Å². The monoisotopic (exact) mass is 370 g/mol. The Labute approximate surface area is 159 Å². The number of aryl methyl sites for hydroxylation is 2. The number of amides is 3. The number of nitrogens with one attached hydrogen (secondary N) is 2. The first-order chi connectivity index (χ1) is 13.0. The maximum atomic E-state index is 12.4. The topological polar surface area (TPSA) is 92.2 Å². The summed E-state index contributed by atoms with van der Waals surface area (Å²) in [6, 6.07) is 5.09. The van der Waals surface area contributed by atoms with Crippen molar-refractivity contribution in [2.24, 2.45) is 0 Å². The number of hydrogen-bond acceptors (Lipinski definition) is 4. The number of nitrogens with zero attached hydrogens (tertiary/aromatic N) is 4. The van der Waals surface area contributed by atoms with Crippen molar-refractivity contribution in [3.63, 3.8) is 0 Å². The smallest absolute Gasteiger partial charge is 0.319 e. The lowest BCUT2D eigenvalue weighted by atomic mass is 10.1. The molecule has 8 nitrogen and oxygen atoms in total. The van der Waals surface area contributed by atoms with Gasteiger partial charge in [-0.05, 0) is 50.5 Å². The van der Waals surface area contributed by atoms with Crippen molar-refractivity contribution in [3.8, 4) is 0 Å². The molecule has 0 unspecified atom stereocenters. The van der Waals surface area contributed by atoms with Crippen LogP contribution in [-0.4, -0.2) is 33.2 Å². The molecule has 1 aliphatic rings. The minimum absolute atomic E-state index is 0.155. The van der Waals surface area contributed by atoms with E-state index in [4.69, 9.17) is 0 Å². The Morgan fingerprint density at radius 3 is 2.78 bits per heavy atom. The third kappa shape index (κ3) is 4.10. The number of hydrogen-bond donors (Lipinski definition) is 2. The van der Waals surface area contributed by atoms with Crippen LogP contribution in [0.5, 0.6) is 0 Å². The van der Waals surface area contributed by atoms with E-state index in [0.717, 1.165) is 30.0 Å². The van der Waals surface area contributed by atoms with Crippen molar-refractivity contribution < 1.29 is 9.59 Å². The van der Waals surface area contributed by atoms with Crippen molar-refractivity contribution >= 4 is 23.3 Å². The number of anilines is 2. The van der Waals surface area contributed by atoms with Gasteiger partial charge in [0.2, 0.25) is 5.91 Å². The number of rotatable bonds is 6. The zero-order valence-corrected chi connectivity index (χ0v) is 16.0. The second kappa shape index (κ2) is 8.20. The second-order valence-electron chi connectivity index (χ2n) is 6.64. The zero-order chi connectivity index (χ0) is 19.4. The first kappa shape index (κ1) is 18.9. The summed E-state index contributed by atoms with van der Waals surface area (Å²) < 4.78 is 1.78. The average Bonchev–Trinajstić information content (AvgIpc) is 3.28. The van der Waals surface area contributed by atoms with Crippen LogP contribution in [-0.2, 0) is 11.3 Å². The number of urea groups is 1. The maximum absolute atomic E-state index is 12.4. The highest BCUT2D eigenvalue weighted by Crippen LogP contribution is 2.27. The van der Waals surface area contributed by atoms with Gasteiger partial charge in [0.05, 0.1) is 6.04 Å². The van der Waals surface area contributed by atoms with Crippen molar-refractivity contribution in [1.82, 2.24) is 20.1 Å². The maximum Gasteiger partial charge on any atom is 0.319 e. The minimum atomic E-state index is -0.295. The van der Waals surface area contributed by atoms with Gasteiger partial charge in [-0.25, -0.2) is 14.5 Å². The summed E-state index contributed by atoms with van der Waals surface area (Å²) in [7, 11) is 0. The SMILES string of the molecule is CC[C@H](NC(=O)Nc1ccc(N2CCCC2=O)c(C)c1)c1ncnn1CC. The van der Waals surface area contributed by atoms with Crippen LogP contribution in [0.4, 0.5) is 16.2 Å². The standard InChI is InChI=1S/C19H26N6O2/c1-4-15(18-20-12-21-25(18)5-2)23-19(27)22-14-8-9-16(13(3)11-14)24-10-6-7-17(24)26/h8-9,11-12,15H,4-7,10H2,1-3H3,(H2,22,23,27)/t15-/m0/s1. The molecule has 1 aromatic heterocycles. The van der Waals surface area contributed by atoms with Gasteiger partial charge >= 0.3 is 6.03 Å². The van der Waals surface area contributed by atoms with Crippen LogP contribution in [0.15, 0.2) is 24.5 Å². The molecule has 1 fully saturated rings. The molecule has 2 N–H and O–H groups in total. The summed E-state index contributed by atoms with van der Waals surface area (Å²) >= 11 is 0. The molecule has 27 heavy (non-hydrogen) atoms. The Morgan fingerprint density at radius 1 is 1.33 bits per heavy atom. The van der Waals surface area contributed by atoms with Gasteiger partial charge in [-0.3, -0.25) is 4.79 Å². The molecule has 0 radical (unpaired) electrons. The first-order valence-corrected chi connectivity index (χ1v) is 9.39. The number of benzene rings is 1. The third-order valence-corrected chi connectivity index (χ3v) is 4.79. The summed E-state index contributed by atoms with van der Waals surface area (Å²) in [5, 5.41) is 9.98. The van der Waals surface area contributed by atoms with E-state index in [0.29, 0.717) is 25.1 Å². The third-order valence-electron chi connectivity index (χ3n) is 4.79. The molecule has 8 heteroatoms. The van der Waals surface area contributed by atoms with Crippen LogP contribution >= 0.6 is 0 Å². The zero-order valence-electron chi connectivity index (χ0n) is 16.0. The Balaban J connectivity index is 1.67. The lowest BCUT2D eigenvalue weighted by Crippen LogP contribution is -2.34. The Hall–Kier alpha value is -2.90. The molecule has 1 atom stereocenters. The molecule has 0 spiro atoms. The van der Waals surface area contributed by atoms with Crippen molar-refractivity contribution in [2.45, 2.75) is 52.6 Å². The Morgan fingerprint density at radius 2 is 2.15 bits per heavy atom. The molecule has 144 valence electrons. The minimum Gasteiger partial charge on any atom is -0.328 e. The van der Waals surface area contributed by atoms with Crippen molar-refractivity contribution in [1.29, 1.82) is 0 Å². The van der Waals surface area contributed by atoms with Crippen LogP contribution in [0.2, 0.25) is 0 Å². The van der Waals surface area contributed by atoms with E-state index in [1.165, 1.54) is 6.33 Å². The van der Waals surface area contributed by atoms with E-state index in [1.807, 2.05) is 43.9 Å². The van der Waals surface area contributed by atoms with Crippen LogP contribution in [0.3, 0.4) is 0 Å². The molecule has 1 saturated heterocycles. The van der Waals surface area contributed by atoms with E-state index in [2.05, 4.69) is 20.7 Å².